The second-order valence-electron chi connectivity index (χ2n) is 11.3. The minimum atomic E-state index is -0.582. The molecule has 0 aromatic heterocycles. The number of nitrogens with one attached hydrogen (secondary N) is 1. The Labute approximate surface area is 252 Å². The van der Waals surface area contributed by atoms with E-state index in [0.29, 0.717) is 44.7 Å². The zero-order valence-electron chi connectivity index (χ0n) is 24.8. The van der Waals surface area contributed by atoms with Crippen LogP contribution in [0.1, 0.15) is 39.9 Å². The van der Waals surface area contributed by atoms with Crippen molar-refractivity contribution < 1.29 is 19.2 Å². The summed E-state index contributed by atoms with van der Waals surface area (Å²) in [5.41, 5.74) is 3.62. The highest BCUT2D eigenvalue weighted by molar-refractivity contribution is 5.98. The number of nitro groups is 1. The molecule has 0 radical (unpaired) electrons. The average Bonchev–Trinajstić information content (AvgIpc) is 3.28. The monoisotopic (exact) mass is 585 g/mol. The van der Waals surface area contributed by atoms with E-state index in [0.717, 1.165) is 42.0 Å². The van der Waals surface area contributed by atoms with Crippen molar-refractivity contribution in [3.05, 3.63) is 105 Å². The van der Waals surface area contributed by atoms with Crippen molar-refractivity contribution in [1.29, 1.82) is 0 Å². The van der Waals surface area contributed by atoms with Crippen LogP contribution in [-0.2, 0) is 17.9 Å². The number of hydrogen-bond acceptors (Lipinski definition) is 7. The zero-order chi connectivity index (χ0) is 30.3. The predicted molar refractivity (Wildman–Crippen MR) is 164 cm³/mol. The van der Waals surface area contributed by atoms with E-state index >= 15 is 0 Å². The Morgan fingerprint density at radius 3 is 2.47 bits per heavy atom. The third kappa shape index (κ3) is 7.39. The molecular weight excluding hydrogens is 546 g/mol. The van der Waals surface area contributed by atoms with Gasteiger partial charge in [0, 0.05) is 63.0 Å². The molecule has 0 aliphatic carbocycles. The number of hydrogen-bond donors (Lipinski definition) is 1. The van der Waals surface area contributed by atoms with Crippen molar-refractivity contribution in [2.45, 2.75) is 44.9 Å². The number of likely N-dealkylation sites (tertiary alicyclic amines) is 1. The summed E-state index contributed by atoms with van der Waals surface area (Å²) in [4.78, 5) is 44.7. The van der Waals surface area contributed by atoms with Crippen molar-refractivity contribution in [1.82, 2.24) is 20.0 Å². The van der Waals surface area contributed by atoms with Gasteiger partial charge in [0.15, 0.2) is 0 Å². The fraction of sp³-hybridized carbons (Fsp3) is 0.394. The number of nitrogens with zero attached hydrogens (tertiary/aromatic N) is 4. The number of carbonyl (C=O) groups excluding carboxylic acids is 2. The number of carbonyl (C=O) groups is 2. The van der Waals surface area contributed by atoms with Gasteiger partial charge in [0.25, 0.3) is 11.6 Å². The lowest BCUT2D eigenvalue weighted by Crippen LogP contribution is -2.48. The SMILES string of the molecule is COc1cccc(CN(Cc2ccc([N+](=O)[O-])cc2)C2CC(C(=O)N3CCCNCC3)N(C(=O)c3ccc(C)cc3)C2)c1. The first-order valence-corrected chi connectivity index (χ1v) is 14.8. The van der Waals surface area contributed by atoms with E-state index in [1.165, 1.54) is 12.1 Å². The molecule has 1 N–H and O–H groups in total. The van der Waals surface area contributed by atoms with E-state index in [1.54, 1.807) is 24.1 Å². The lowest BCUT2D eigenvalue weighted by Gasteiger charge is -2.29. The molecule has 2 fully saturated rings. The fourth-order valence-electron chi connectivity index (χ4n) is 5.95. The first kappa shape index (κ1) is 30.2. The van der Waals surface area contributed by atoms with Crippen LogP contribution in [0.25, 0.3) is 0 Å². The van der Waals surface area contributed by atoms with Gasteiger partial charge in [-0.15, -0.1) is 0 Å². The normalized spacial score (nSPS) is 18.9. The van der Waals surface area contributed by atoms with Gasteiger partial charge < -0.3 is 19.9 Å². The van der Waals surface area contributed by atoms with Gasteiger partial charge in [-0.2, -0.15) is 0 Å². The number of benzene rings is 3. The Balaban J connectivity index is 1.46. The van der Waals surface area contributed by atoms with Gasteiger partial charge >= 0.3 is 0 Å². The fourth-order valence-corrected chi connectivity index (χ4v) is 5.95. The minimum Gasteiger partial charge on any atom is -0.497 e. The summed E-state index contributed by atoms with van der Waals surface area (Å²) in [5, 5.41) is 14.6. The predicted octanol–water partition coefficient (Wildman–Crippen LogP) is 4.02. The molecule has 43 heavy (non-hydrogen) atoms. The molecule has 10 nitrogen and oxygen atoms in total. The molecule has 3 aromatic rings. The van der Waals surface area contributed by atoms with Crippen molar-refractivity contribution in [2.75, 3.05) is 39.8 Å². The molecule has 2 aliphatic heterocycles. The third-order valence-corrected chi connectivity index (χ3v) is 8.34. The molecule has 5 rings (SSSR count). The molecule has 0 spiro atoms. The smallest absolute Gasteiger partial charge is 0.269 e. The van der Waals surface area contributed by atoms with E-state index < -0.39 is 11.0 Å². The molecule has 3 aromatic carbocycles. The number of aryl methyl sites for hydroxylation is 1. The van der Waals surface area contributed by atoms with Gasteiger partial charge in [0.1, 0.15) is 11.8 Å². The summed E-state index contributed by atoms with van der Waals surface area (Å²) in [6.45, 7) is 6.31. The average molecular weight is 586 g/mol. The molecule has 0 saturated carbocycles. The molecule has 10 heteroatoms. The Kier molecular flexibility index (Phi) is 9.68. The first-order valence-electron chi connectivity index (χ1n) is 14.8. The van der Waals surface area contributed by atoms with E-state index in [4.69, 9.17) is 4.74 Å². The lowest BCUT2D eigenvalue weighted by atomic mass is 10.1. The summed E-state index contributed by atoms with van der Waals surface area (Å²) in [7, 11) is 1.63. The number of non-ortho nitro benzene ring substituents is 1. The van der Waals surface area contributed by atoms with Gasteiger partial charge in [-0.25, -0.2) is 0 Å². The van der Waals surface area contributed by atoms with Crippen LogP contribution in [0.2, 0.25) is 0 Å². The number of rotatable bonds is 9. The molecule has 2 aliphatic rings. The van der Waals surface area contributed by atoms with Crippen LogP contribution in [0.3, 0.4) is 0 Å². The Hall–Kier alpha value is -4.28. The maximum Gasteiger partial charge on any atom is 0.269 e. The van der Waals surface area contributed by atoms with Crippen LogP contribution < -0.4 is 10.1 Å². The Morgan fingerprint density at radius 2 is 1.74 bits per heavy atom. The minimum absolute atomic E-state index is 0.0108. The highest BCUT2D eigenvalue weighted by atomic mass is 16.6. The molecule has 2 heterocycles. The van der Waals surface area contributed by atoms with Crippen molar-refractivity contribution in [3.8, 4) is 5.75 Å². The standard InChI is InChI=1S/C33H39N5O5/c1-24-7-11-27(12-8-24)32(39)37-23-29(20-31(37)33(40)35-17-4-15-34-16-18-35)36(22-26-5-3-6-30(19-26)43-2)21-25-9-13-28(14-10-25)38(41)42/h3,5-14,19,29,31,34H,4,15-18,20-23H2,1-2H3. The third-order valence-electron chi connectivity index (χ3n) is 8.34. The molecular formula is C33H39N5O5. The summed E-state index contributed by atoms with van der Waals surface area (Å²) in [6.07, 6.45) is 1.37. The Morgan fingerprint density at radius 1 is 1.00 bits per heavy atom. The van der Waals surface area contributed by atoms with Crippen LogP contribution in [0.15, 0.2) is 72.8 Å². The largest absolute Gasteiger partial charge is 0.497 e. The van der Waals surface area contributed by atoms with E-state index in [2.05, 4.69) is 10.2 Å². The Bertz CT molecular complexity index is 1420. The molecule has 0 bridgehead atoms. The lowest BCUT2D eigenvalue weighted by molar-refractivity contribution is -0.384. The van der Waals surface area contributed by atoms with Crippen LogP contribution >= 0.6 is 0 Å². The zero-order valence-corrected chi connectivity index (χ0v) is 24.8. The van der Waals surface area contributed by atoms with Crippen molar-refractivity contribution in [2.24, 2.45) is 0 Å². The first-order chi connectivity index (χ1) is 20.8. The number of methoxy groups -OCH3 is 1. The molecule has 2 amide bonds. The quantitative estimate of drug-likeness (QED) is 0.299. The topological polar surface area (TPSA) is 108 Å². The van der Waals surface area contributed by atoms with Gasteiger partial charge in [-0.05, 0) is 61.7 Å². The number of ether oxygens (including phenoxy) is 1. The van der Waals surface area contributed by atoms with E-state index in [1.807, 2.05) is 60.4 Å². The van der Waals surface area contributed by atoms with Gasteiger partial charge in [-0.1, -0.05) is 42.0 Å². The van der Waals surface area contributed by atoms with Crippen LogP contribution in [0.4, 0.5) is 5.69 Å². The van der Waals surface area contributed by atoms with Gasteiger partial charge in [-0.3, -0.25) is 24.6 Å². The second-order valence-corrected chi connectivity index (χ2v) is 11.3. The van der Waals surface area contributed by atoms with Crippen LogP contribution in [0.5, 0.6) is 5.75 Å². The van der Waals surface area contributed by atoms with E-state index in [-0.39, 0.29) is 23.5 Å². The molecule has 2 unspecified atom stereocenters. The summed E-state index contributed by atoms with van der Waals surface area (Å²) >= 11 is 0. The van der Waals surface area contributed by atoms with Crippen LogP contribution in [-0.4, -0.2) is 83.4 Å². The number of amides is 2. The van der Waals surface area contributed by atoms with Crippen LogP contribution in [0, 0.1) is 17.0 Å². The maximum atomic E-state index is 14.0. The highest BCUT2D eigenvalue weighted by Gasteiger charge is 2.43. The highest BCUT2D eigenvalue weighted by Crippen LogP contribution is 2.29. The maximum absolute atomic E-state index is 14.0. The second kappa shape index (κ2) is 13.8. The number of nitro benzene ring substituents is 1. The summed E-state index contributed by atoms with van der Waals surface area (Å²) < 4.78 is 5.46. The molecule has 226 valence electrons. The molecule has 2 atom stereocenters. The van der Waals surface area contributed by atoms with Crippen molar-refractivity contribution >= 4 is 17.5 Å². The summed E-state index contributed by atoms with van der Waals surface area (Å²) in [6, 6.07) is 21.2. The summed E-state index contributed by atoms with van der Waals surface area (Å²) in [5.74, 6) is 0.590. The van der Waals surface area contributed by atoms with Gasteiger partial charge in [0.2, 0.25) is 5.91 Å². The van der Waals surface area contributed by atoms with Crippen molar-refractivity contribution in [3.63, 3.8) is 0 Å². The van der Waals surface area contributed by atoms with Gasteiger partial charge in [0.05, 0.1) is 12.0 Å². The molecule has 2 saturated heterocycles. The van der Waals surface area contributed by atoms with E-state index in [9.17, 15) is 19.7 Å².